The number of hydrogen-bond acceptors (Lipinski definition) is 4. The number of nitrogens with zero attached hydrogens (tertiary/aromatic N) is 4. The fourth-order valence-electron chi connectivity index (χ4n) is 2.07. The van der Waals surface area contributed by atoms with Crippen molar-refractivity contribution in [3.63, 3.8) is 0 Å². The molecule has 0 radical (unpaired) electrons. The van der Waals surface area contributed by atoms with Gasteiger partial charge in [0.25, 0.3) is 5.78 Å². The van der Waals surface area contributed by atoms with Gasteiger partial charge < -0.3 is 4.74 Å². The van der Waals surface area contributed by atoms with Gasteiger partial charge >= 0.3 is 0 Å². The van der Waals surface area contributed by atoms with Gasteiger partial charge in [0.2, 0.25) is 5.88 Å². The Labute approximate surface area is 135 Å². The summed E-state index contributed by atoms with van der Waals surface area (Å²) in [6.45, 7) is 5.87. The second-order valence-electron chi connectivity index (χ2n) is 4.78. The van der Waals surface area contributed by atoms with Crippen molar-refractivity contribution < 1.29 is 4.74 Å². The van der Waals surface area contributed by atoms with Gasteiger partial charge in [-0.05, 0) is 44.0 Å². The monoisotopic (exact) mass is 366 g/mol. The summed E-state index contributed by atoms with van der Waals surface area (Å²) in [5.41, 5.74) is 2.91. The van der Waals surface area contributed by atoms with Gasteiger partial charge in [0.05, 0.1) is 0 Å². The van der Waals surface area contributed by atoms with Crippen molar-refractivity contribution in [2.24, 2.45) is 0 Å². The second-order valence-corrected chi connectivity index (χ2v) is 5.93. The lowest BCUT2D eigenvalue weighted by Crippen LogP contribution is -2.02. The summed E-state index contributed by atoms with van der Waals surface area (Å²) in [5, 5.41) is 4.49. The van der Waals surface area contributed by atoms with Gasteiger partial charge in [-0.25, -0.2) is 0 Å². The van der Waals surface area contributed by atoms with Crippen LogP contribution in [0.15, 0.2) is 22.9 Å². The fourth-order valence-corrected chi connectivity index (χ4v) is 2.46. The maximum atomic E-state index is 6.12. The molecule has 0 spiro atoms. The topological polar surface area (TPSA) is 52.3 Å². The van der Waals surface area contributed by atoms with Crippen molar-refractivity contribution in [3.8, 4) is 11.6 Å². The summed E-state index contributed by atoms with van der Waals surface area (Å²) in [6.07, 6.45) is 1.42. The molecule has 5 nitrogen and oxygen atoms in total. The minimum atomic E-state index is 0.357. The summed E-state index contributed by atoms with van der Waals surface area (Å²) in [4.78, 5) is 8.19. The van der Waals surface area contributed by atoms with Crippen LogP contribution in [0.1, 0.15) is 16.7 Å². The molecule has 0 bridgehead atoms. The summed E-state index contributed by atoms with van der Waals surface area (Å²) in [7, 11) is 0. The van der Waals surface area contributed by atoms with E-state index in [1.807, 2.05) is 32.9 Å². The summed E-state index contributed by atoms with van der Waals surface area (Å²) in [5.74, 6) is 1.64. The lowest BCUT2D eigenvalue weighted by molar-refractivity contribution is 0.441. The first-order valence-corrected chi connectivity index (χ1v) is 7.45. The van der Waals surface area contributed by atoms with Crippen LogP contribution >= 0.6 is 27.5 Å². The molecule has 0 aliphatic heterocycles. The first-order valence-electron chi connectivity index (χ1n) is 6.28. The van der Waals surface area contributed by atoms with Crippen LogP contribution in [0.25, 0.3) is 5.78 Å². The molecule has 108 valence electrons. The van der Waals surface area contributed by atoms with E-state index in [1.54, 1.807) is 0 Å². The Morgan fingerprint density at radius 1 is 1.19 bits per heavy atom. The number of benzene rings is 1. The van der Waals surface area contributed by atoms with Crippen LogP contribution < -0.4 is 4.74 Å². The Hall–Kier alpha value is -1.66. The third kappa shape index (κ3) is 2.49. The third-order valence-electron chi connectivity index (χ3n) is 3.18. The number of halogens is 2. The summed E-state index contributed by atoms with van der Waals surface area (Å²) < 4.78 is 8.60. The highest BCUT2D eigenvalue weighted by molar-refractivity contribution is 9.10. The molecule has 0 aliphatic carbocycles. The van der Waals surface area contributed by atoms with Gasteiger partial charge in [0, 0.05) is 10.0 Å². The molecule has 0 saturated heterocycles. The zero-order chi connectivity index (χ0) is 15.1. The quantitative estimate of drug-likeness (QED) is 0.635. The van der Waals surface area contributed by atoms with Crippen LogP contribution in [0.2, 0.25) is 5.15 Å². The molecule has 0 unspecified atom stereocenters. The maximum absolute atomic E-state index is 6.12. The molecular formula is C14H12BrClN4O. The molecule has 3 rings (SSSR count). The third-order valence-corrected chi connectivity index (χ3v) is 4.79. The number of hydrogen-bond donors (Lipinski definition) is 0. The Bertz CT molecular complexity index is 823. The molecule has 2 heterocycles. The Morgan fingerprint density at radius 2 is 1.86 bits per heavy atom. The van der Waals surface area contributed by atoms with E-state index in [1.165, 1.54) is 10.8 Å². The predicted molar refractivity (Wildman–Crippen MR) is 84.2 cm³/mol. The van der Waals surface area contributed by atoms with Crippen LogP contribution in [0.5, 0.6) is 11.6 Å². The molecule has 3 aromatic rings. The van der Waals surface area contributed by atoms with Crippen LogP contribution in [0.3, 0.4) is 0 Å². The maximum Gasteiger partial charge on any atom is 0.256 e. The van der Waals surface area contributed by atoms with E-state index in [9.17, 15) is 0 Å². The molecule has 7 heteroatoms. The SMILES string of the molecule is Cc1cc(Oc2c(C)c(Cl)nc3ncnn23)cc(C)c1Br. The molecule has 0 fully saturated rings. The highest BCUT2D eigenvalue weighted by Gasteiger charge is 2.15. The number of rotatable bonds is 2. The Kier molecular flexibility index (Phi) is 3.59. The van der Waals surface area contributed by atoms with Crippen molar-refractivity contribution in [2.75, 3.05) is 0 Å². The standard InChI is InChI=1S/C14H12BrClN4O/c1-7-4-10(5-8(2)11(7)15)21-13-9(3)12(16)19-14-17-6-18-20(13)14/h4-6H,1-3H3. The molecule has 0 amide bonds. The molecule has 0 aliphatic rings. The number of fused-ring (bicyclic) bond motifs is 1. The minimum absolute atomic E-state index is 0.357. The van der Waals surface area contributed by atoms with E-state index in [4.69, 9.17) is 16.3 Å². The smallest absolute Gasteiger partial charge is 0.256 e. The molecule has 0 atom stereocenters. The van der Waals surface area contributed by atoms with E-state index >= 15 is 0 Å². The molecular weight excluding hydrogens is 356 g/mol. The summed E-state index contributed by atoms with van der Waals surface area (Å²) in [6, 6.07) is 3.90. The van der Waals surface area contributed by atoms with Crippen molar-refractivity contribution in [1.29, 1.82) is 0 Å². The predicted octanol–water partition coefficient (Wildman–Crippen LogP) is 4.26. The highest BCUT2D eigenvalue weighted by Crippen LogP contribution is 2.32. The van der Waals surface area contributed by atoms with Crippen LogP contribution in [0, 0.1) is 20.8 Å². The average molecular weight is 368 g/mol. The Morgan fingerprint density at radius 3 is 2.52 bits per heavy atom. The van der Waals surface area contributed by atoms with E-state index in [0.29, 0.717) is 22.4 Å². The summed E-state index contributed by atoms with van der Waals surface area (Å²) >= 11 is 9.67. The van der Waals surface area contributed by atoms with Crippen LogP contribution in [0.4, 0.5) is 0 Å². The largest absolute Gasteiger partial charge is 0.438 e. The molecule has 1 aromatic carbocycles. The number of aromatic nitrogens is 4. The minimum Gasteiger partial charge on any atom is -0.438 e. The van der Waals surface area contributed by atoms with Crippen LogP contribution in [-0.2, 0) is 0 Å². The lowest BCUT2D eigenvalue weighted by Gasteiger charge is -2.12. The second kappa shape index (κ2) is 5.27. The van der Waals surface area contributed by atoms with E-state index in [-0.39, 0.29) is 0 Å². The van der Waals surface area contributed by atoms with Gasteiger partial charge in [-0.3, -0.25) is 0 Å². The van der Waals surface area contributed by atoms with Crippen molar-refractivity contribution in [2.45, 2.75) is 20.8 Å². The van der Waals surface area contributed by atoms with E-state index in [0.717, 1.165) is 21.3 Å². The molecule has 0 N–H and O–H groups in total. The van der Waals surface area contributed by atoms with E-state index in [2.05, 4.69) is 31.0 Å². The molecule has 0 saturated carbocycles. The lowest BCUT2D eigenvalue weighted by atomic mass is 10.1. The first-order chi connectivity index (χ1) is 9.97. The normalized spacial score (nSPS) is 11.1. The number of ether oxygens (including phenoxy) is 1. The van der Waals surface area contributed by atoms with Crippen LogP contribution in [-0.4, -0.2) is 19.6 Å². The van der Waals surface area contributed by atoms with Crippen molar-refractivity contribution in [3.05, 3.63) is 44.8 Å². The highest BCUT2D eigenvalue weighted by atomic mass is 79.9. The van der Waals surface area contributed by atoms with Gasteiger partial charge in [-0.15, -0.1) is 0 Å². The fraction of sp³-hybridized carbons (Fsp3) is 0.214. The molecule has 21 heavy (non-hydrogen) atoms. The zero-order valence-corrected chi connectivity index (χ0v) is 14.0. The van der Waals surface area contributed by atoms with Gasteiger partial charge in [-0.1, -0.05) is 27.5 Å². The number of aryl methyl sites for hydroxylation is 2. The van der Waals surface area contributed by atoms with Gasteiger partial charge in [-0.2, -0.15) is 19.6 Å². The van der Waals surface area contributed by atoms with Gasteiger partial charge in [0.1, 0.15) is 17.2 Å². The van der Waals surface area contributed by atoms with E-state index < -0.39 is 0 Å². The zero-order valence-electron chi connectivity index (χ0n) is 11.7. The first kappa shape index (κ1) is 14.3. The molecule has 2 aromatic heterocycles. The van der Waals surface area contributed by atoms with Crippen molar-refractivity contribution >= 4 is 33.3 Å². The van der Waals surface area contributed by atoms with Gasteiger partial charge in [0.15, 0.2) is 0 Å². The van der Waals surface area contributed by atoms with Crippen molar-refractivity contribution in [1.82, 2.24) is 19.6 Å². The Balaban J connectivity index is 2.14. The average Bonchev–Trinajstić information content (AvgIpc) is 2.89.